The van der Waals surface area contributed by atoms with Gasteiger partial charge in [-0.3, -0.25) is 4.79 Å². The molecule has 0 radical (unpaired) electrons. The van der Waals surface area contributed by atoms with E-state index in [-0.39, 0.29) is 5.91 Å². The van der Waals surface area contributed by atoms with Crippen molar-refractivity contribution in [3.05, 3.63) is 59.1 Å². The Morgan fingerprint density at radius 1 is 1.17 bits per heavy atom. The molecule has 0 atom stereocenters. The first-order chi connectivity index (χ1) is 11.2. The lowest BCUT2D eigenvalue weighted by molar-refractivity contribution is -0.116. The number of rotatable bonds is 8. The van der Waals surface area contributed by atoms with Crippen molar-refractivity contribution in [3.8, 4) is 5.75 Å². The first kappa shape index (κ1) is 17.4. The summed E-state index contributed by atoms with van der Waals surface area (Å²) in [5, 5.41) is 3.62. The van der Waals surface area contributed by atoms with Gasteiger partial charge in [0.25, 0.3) is 0 Å². The number of nitrogens with one attached hydrogen (secondary N) is 1. The second-order valence-corrected chi connectivity index (χ2v) is 5.81. The number of anilines is 1. The fraction of sp³-hybridized carbons (Fsp3) is 0.316. The third kappa shape index (κ3) is 5.95. The van der Waals surface area contributed by atoms with Crippen LogP contribution in [0.5, 0.6) is 5.75 Å². The predicted octanol–water partition coefficient (Wildman–Crippen LogP) is 5.09. The molecule has 0 aliphatic heterocycles. The number of benzene rings is 2. The molecule has 4 heteroatoms. The molecule has 1 N–H and O–H groups in total. The number of halogens is 1. The molecule has 122 valence electrons. The molecule has 0 aliphatic carbocycles. The zero-order valence-electron chi connectivity index (χ0n) is 13.3. The molecule has 23 heavy (non-hydrogen) atoms. The molecular formula is C19H22ClNO2. The minimum Gasteiger partial charge on any atom is -0.491 e. The molecule has 0 aromatic heterocycles. The van der Waals surface area contributed by atoms with Crippen molar-refractivity contribution in [2.75, 3.05) is 11.9 Å². The van der Waals surface area contributed by atoms with Gasteiger partial charge in [0.15, 0.2) is 0 Å². The number of aryl methyl sites for hydroxylation is 1. The predicted molar refractivity (Wildman–Crippen MR) is 95.2 cm³/mol. The van der Waals surface area contributed by atoms with Crippen molar-refractivity contribution in [1.82, 2.24) is 0 Å². The van der Waals surface area contributed by atoms with E-state index in [1.165, 1.54) is 0 Å². The number of ether oxygens (including phenoxy) is 1. The third-order valence-electron chi connectivity index (χ3n) is 3.45. The molecule has 2 aromatic carbocycles. The van der Waals surface area contributed by atoms with Crippen molar-refractivity contribution in [1.29, 1.82) is 0 Å². The van der Waals surface area contributed by atoms with Crippen LogP contribution in [0.15, 0.2) is 48.5 Å². The van der Waals surface area contributed by atoms with Crippen LogP contribution in [0.2, 0.25) is 5.02 Å². The molecule has 0 fully saturated rings. The molecule has 0 saturated heterocycles. The Balaban J connectivity index is 1.89. The lowest BCUT2D eigenvalue weighted by Gasteiger charge is -2.12. The second-order valence-electron chi connectivity index (χ2n) is 5.38. The lowest BCUT2D eigenvalue weighted by Crippen LogP contribution is -2.13. The van der Waals surface area contributed by atoms with E-state index in [4.69, 9.17) is 16.3 Å². The average molecular weight is 332 g/mol. The number of carbonyl (C=O) groups is 1. The number of hydrogen-bond donors (Lipinski definition) is 1. The molecule has 0 saturated carbocycles. The van der Waals surface area contributed by atoms with Crippen LogP contribution in [0.1, 0.15) is 31.7 Å². The van der Waals surface area contributed by atoms with Gasteiger partial charge in [-0.25, -0.2) is 0 Å². The quantitative estimate of drug-likeness (QED) is 0.684. The Hall–Kier alpha value is -2.00. The molecule has 1 amide bonds. The summed E-state index contributed by atoms with van der Waals surface area (Å²) in [5.74, 6) is 0.688. The summed E-state index contributed by atoms with van der Waals surface area (Å²) in [6.07, 6.45) is 3.14. The van der Waals surface area contributed by atoms with Crippen molar-refractivity contribution >= 4 is 23.2 Å². The van der Waals surface area contributed by atoms with E-state index < -0.39 is 0 Å². The first-order valence-electron chi connectivity index (χ1n) is 7.95. The van der Waals surface area contributed by atoms with E-state index in [2.05, 4.69) is 12.2 Å². The van der Waals surface area contributed by atoms with Crippen LogP contribution < -0.4 is 10.1 Å². The van der Waals surface area contributed by atoms with Crippen LogP contribution >= 0.6 is 11.6 Å². The highest BCUT2D eigenvalue weighted by Crippen LogP contribution is 2.24. The topological polar surface area (TPSA) is 38.3 Å². The van der Waals surface area contributed by atoms with Gasteiger partial charge >= 0.3 is 0 Å². The van der Waals surface area contributed by atoms with Gasteiger partial charge in [0.05, 0.1) is 12.3 Å². The Bertz CT molecular complexity index is 643. The maximum atomic E-state index is 12.2. The maximum Gasteiger partial charge on any atom is 0.224 e. The van der Waals surface area contributed by atoms with Gasteiger partial charge in [0, 0.05) is 11.4 Å². The maximum absolute atomic E-state index is 12.2. The fourth-order valence-electron chi connectivity index (χ4n) is 2.19. The summed E-state index contributed by atoms with van der Waals surface area (Å²) in [7, 11) is 0. The van der Waals surface area contributed by atoms with Crippen molar-refractivity contribution in [2.45, 2.75) is 32.6 Å². The Kier molecular flexibility index (Phi) is 6.95. The van der Waals surface area contributed by atoms with Crippen molar-refractivity contribution < 1.29 is 9.53 Å². The minimum absolute atomic E-state index is 0.0310. The summed E-state index contributed by atoms with van der Waals surface area (Å²) in [5.41, 5.74) is 1.78. The third-order valence-corrected chi connectivity index (χ3v) is 3.68. The van der Waals surface area contributed by atoms with Crippen molar-refractivity contribution in [3.63, 3.8) is 0 Å². The minimum atomic E-state index is -0.0310. The Labute approximate surface area is 142 Å². The number of carbonyl (C=O) groups excluding carboxylic acids is 1. The highest BCUT2D eigenvalue weighted by molar-refractivity contribution is 6.30. The Morgan fingerprint density at radius 3 is 2.78 bits per heavy atom. The summed E-state index contributed by atoms with van der Waals surface area (Å²) < 4.78 is 5.72. The van der Waals surface area contributed by atoms with Crippen molar-refractivity contribution in [2.24, 2.45) is 0 Å². The van der Waals surface area contributed by atoms with E-state index in [0.29, 0.717) is 24.5 Å². The molecule has 3 nitrogen and oxygen atoms in total. The van der Waals surface area contributed by atoms with Gasteiger partial charge in [0.1, 0.15) is 5.75 Å². The van der Waals surface area contributed by atoms with Crippen LogP contribution in [0.4, 0.5) is 5.69 Å². The zero-order chi connectivity index (χ0) is 16.5. The number of unbranched alkanes of at least 4 members (excludes halogenated alkanes) is 1. The highest BCUT2D eigenvalue weighted by atomic mass is 35.5. The van der Waals surface area contributed by atoms with Gasteiger partial charge in [-0.1, -0.05) is 49.2 Å². The molecule has 0 aliphatic rings. The van der Waals surface area contributed by atoms with E-state index >= 15 is 0 Å². The lowest BCUT2D eigenvalue weighted by atomic mass is 10.1. The normalized spacial score (nSPS) is 10.3. The SMILES string of the molecule is CCCCOc1ccccc1NC(=O)CCc1cccc(Cl)c1. The Morgan fingerprint density at radius 2 is 2.00 bits per heavy atom. The number of amides is 1. The number of para-hydroxylation sites is 2. The molecule has 0 spiro atoms. The smallest absolute Gasteiger partial charge is 0.224 e. The average Bonchev–Trinajstić information content (AvgIpc) is 2.55. The highest BCUT2D eigenvalue weighted by Gasteiger charge is 2.08. The van der Waals surface area contributed by atoms with Gasteiger partial charge in [-0.2, -0.15) is 0 Å². The first-order valence-corrected chi connectivity index (χ1v) is 8.33. The van der Waals surface area contributed by atoms with E-state index in [1.807, 2.05) is 48.5 Å². The van der Waals surface area contributed by atoms with Gasteiger partial charge < -0.3 is 10.1 Å². The molecule has 2 rings (SSSR count). The molecule has 0 heterocycles. The summed E-state index contributed by atoms with van der Waals surface area (Å²) in [6.45, 7) is 2.78. The van der Waals surface area contributed by atoms with Crippen LogP contribution in [-0.4, -0.2) is 12.5 Å². The molecular weight excluding hydrogens is 310 g/mol. The van der Waals surface area contributed by atoms with Crippen LogP contribution in [0.25, 0.3) is 0 Å². The molecule has 0 unspecified atom stereocenters. The largest absolute Gasteiger partial charge is 0.491 e. The van der Waals surface area contributed by atoms with Gasteiger partial charge in [0.2, 0.25) is 5.91 Å². The van der Waals surface area contributed by atoms with Crippen LogP contribution in [0, 0.1) is 0 Å². The van der Waals surface area contributed by atoms with E-state index in [0.717, 1.165) is 29.8 Å². The standard InChI is InChI=1S/C19H22ClNO2/c1-2-3-13-23-18-10-5-4-9-17(18)21-19(22)12-11-15-7-6-8-16(20)14-15/h4-10,14H,2-3,11-13H2,1H3,(H,21,22). The van der Waals surface area contributed by atoms with Crippen LogP contribution in [-0.2, 0) is 11.2 Å². The van der Waals surface area contributed by atoms with E-state index in [1.54, 1.807) is 0 Å². The zero-order valence-corrected chi connectivity index (χ0v) is 14.1. The second kappa shape index (κ2) is 9.21. The van der Waals surface area contributed by atoms with Gasteiger partial charge in [-0.05, 0) is 42.7 Å². The molecule has 0 bridgehead atoms. The van der Waals surface area contributed by atoms with Gasteiger partial charge in [-0.15, -0.1) is 0 Å². The summed E-state index contributed by atoms with van der Waals surface area (Å²) >= 11 is 5.95. The molecule has 2 aromatic rings. The summed E-state index contributed by atoms with van der Waals surface area (Å²) in [4.78, 5) is 12.2. The fourth-order valence-corrected chi connectivity index (χ4v) is 2.40. The van der Waals surface area contributed by atoms with E-state index in [9.17, 15) is 4.79 Å². The number of hydrogen-bond acceptors (Lipinski definition) is 2. The van der Waals surface area contributed by atoms with Crippen LogP contribution in [0.3, 0.4) is 0 Å². The monoisotopic (exact) mass is 331 g/mol. The summed E-state index contributed by atoms with van der Waals surface area (Å²) in [6, 6.07) is 15.1.